The molecular formula is C28H20N2O4S4. The largest absolute Gasteiger partial charge is 0.268 e. The second kappa shape index (κ2) is 9.70. The zero-order valence-corrected chi connectivity index (χ0v) is 23.0. The lowest BCUT2D eigenvalue weighted by molar-refractivity contribution is 0.587. The molecule has 2 aromatic heterocycles. The van der Waals surface area contributed by atoms with Crippen LogP contribution in [-0.2, 0) is 20.0 Å². The summed E-state index contributed by atoms with van der Waals surface area (Å²) in [4.78, 5) is 1.93. The van der Waals surface area contributed by atoms with Crippen LogP contribution in [0.3, 0.4) is 0 Å². The van der Waals surface area contributed by atoms with E-state index < -0.39 is 20.0 Å². The summed E-state index contributed by atoms with van der Waals surface area (Å²) in [7, 11) is -4.81. The molecule has 0 amide bonds. The number of hydrogen-bond acceptors (Lipinski definition) is 6. The topological polar surface area (TPSA) is 78.1 Å². The molecule has 0 bridgehead atoms. The van der Waals surface area contributed by atoms with Gasteiger partial charge in [0.25, 0.3) is 20.0 Å². The Morgan fingerprint density at radius 2 is 0.789 bits per heavy atom. The normalized spacial score (nSPS) is 12.3. The lowest BCUT2D eigenvalue weighted by atomic mass is 10.2. The van der Waals surface area contributed by atoms with Crippen molar-refractivity contribution in [1.82, 2.24) is 7.94 Å². The molecule has 0 unspecified atom stereocenters. The van der Waals surface area contributed by atoms with Gasteiger partial charge in [0.1, 0.15) is 0 Å². The lowest BCUT2D eigenvalue weighted by Crippen LogP contribution is -2.11. The Labute approximate surface area is 228 Å². The van der Waals surface area contributed by atoms with Crippen molar-refractivity contribution in [1.29, 1.82) is 0 Å². The van der Waals surface area contributed by atoms with Crippen molar-refractivity contribution >= 4 is 63.4 Å². The third kappa shape index (κ3) is 4.23. The number of benzene rings is 4. The minimum atomic E-state index is -3.80. The third-order valence-electron chi connectivity index (χ3n) is 6.10. The van der Waals surface area contributed by atoms with Crippen molar-refractivity contribution < 1.29 is 16.8 Å². The molecule has 0 fully saturated rings. The summed E-state index contributed by atoms with van der Waals surface area (Å²) < 4.78 is 56.4. The van der Waals surface area contributed by atoms with Gasteiger partial charge < -0.3 is 0 Å². The number of nitrogens with zero attached hydrogens (tertiary/aromatic N) is 2. The molecule has 0 saturated carbocycles. The van der Waals surface area contributed by atoms with Crippen LogP contribution < -0.4 is 0 Å². The highest BCUT2D eigenvalue weighted by atomic mass is 33.1. The fraction of sp³-hybridized carbons (Fsp3) is 0. The molecule has 0 N–H and O–H groups in total. The number of aromatic nitrogens is 2. The van der Waals surface area contributed by atoms with Crippen LogP contribution in [0.25, 0.3) is 21.8 Å². The Kier molecular flexibility index (Phi) is 6.35. The summed E-state index contributed by atoms with van der Waals surface area (Å²) in [6, 6.07) is 31.3. The van der Waals surface area contributed by atoms with E-state index in [1.165, 1.54) is 29.5 Å². The van der Waals surface area contributed by atoms with Gasteiger partial charge in [0.15, 0.2) is 0 Å². The van der Waals surface area contributed by atoms with E-state index in [1.54, 1.807) is 85.2 Å². The van der Waals surface area contributed by atoms with Gasteiger partial charge in [-0.1, -0.05) is 94.4 Å². The van der Waals surface area contributed by atoms with Gasteiger partial charge >= 0.3 is 0 Å². The molecule has 190 valence electrons. The molecule has 0 radical (unpaired) electrons. The van der Waals surface area contributed by atoms with Crippen molar-refractivity contribution in [3.8, 4) is 0 Å². The molecule has 0 aliphatic heterocycles. The summed E-state index contributed by atoms with van der Waals surface area (Å²) in [5.41, 5.74) is 1.15. The first kappa shape index (κ1) is 24.9. The maximum Gasteiger partial charge on any atom is 0.268 e. The van der Waals surface area contributed by atoms with Crippen molar-refractivity contribution in [2.24, 2.45) is 0 Å². The van der Waals surface area contributed by atoms with Crippen molar-refractivity contribution in [2.45, 2.75) is 19.6 Å². The standard InChI is InChI=1S/C28H20N2O4S4/c31-37(32,21-11-3-1-4-12-21)29-19-27(23-15-7-9-17-25(23)29)35-36-28-20-30(26-18-10-8-16-24(26)28)38(33,34)22-13-5-2-6-14-22/h1-20H. The maximum absolute atomic E-state index is 13.4. The molecule has 0 aliphatic rings. The number of hydrogen-bond donors (Lipinski definition) is 0. The highest BCUT2D eigenvalue weighted by molar-refractivity contribution is 8.76. The number of rotatable bonds is 7. The van der Waals surface area contributed by atoms with E-state index in [1.807, 2.05) is 36.4 Å². The van der Waals surface area contributed by atoms with Crippen molar-refractivity contribution in [2.75, 3.05) is 0 Å². The van der Waals surface area contributed by atoms with Gasteiger partial charge in [0.2, 0.25) is 0 Å². The number of fused-ring (bicyclic) bond motifs is 2. The van der Waals surface area contributed by atoms with Crippen LogP contribution >= 0.6 is 21.6 Å². The predicted molar refractivity (Wildman–Crippen MR) is 154 cm³/mol. The first-order valence-corrected chi connectivity index (χ1v) is 16.6. The molecule has 10 heteroatoms. The van der Waals surface area contributed by atoms with Crippen LogP contribution in [0.5, 0.6) is 0 Å². The molecule has 0 aliphatic carbocycles. The van der Waals surface area contributed by atoms with Crippen LogP contribution in [0.1, 0.15) is 0 Å². The van der Waals surface area contributed by atoms with E-state index in [0.29, 0.717) is 11.0 Å². The third-order valence-corrected chi connectivity index (χ3v) is 11.9. The summed E-state index contributed by atoms with van der Waals surface area (Å²) in [6.45, 7) is 0. The number of para-hydroxylation sites is 2. The smallest absolute Gasteiger partial charge is 0.240 e. The Balaban J connectivity index is 1.41. The minimum Gasteiger partial charge on any atom is -0.240 e. The summed E-state index contributed by atoms with van der Waals surface area (Å²) in [6.07, 6.45) is 3.26. The van der Waals surface area contributed by atoms with E-state index in [0.717, 1.165) is 20.6 Å². The maximum atomic E-state index is 13.4. The van der Waals surface area contributed by atoms with Crippen LogP contribution in [0, 0.1) is 0 Å². The van der Waals surface area contributed by atoms with Gasteiger partial charge in [-0.15, -0.1) is 0 Å². The van der Waals surface area contributed by atoms with Crippen molar-refractivity contribution in [3.63, 3.8) is 0 Å². The molecule has 0 atom stereocenters. The van der Waals surface area contributed by atoms with Gasteiger partial charge in [-0.25, -0.2) is 24.8 Å². The monoisotopic (exact) mass is 576 g/mol. The van der Waals surface area contributed by atoms with Crippen molar-refractivity contribution in [3.05, 3.63) is 122 Å². The molecule has 4 aromatic carbocycles. The van der Waals surface area contributed by atoms with E-state index in [-0.39, 0.29) is 9.79 Å². The predicted octanol–water partition coefficient (Wildman–Crippen LogP) is 6.87. The molecule has 0 spiro atoms. The Morgan fingerprint density at radius 3 is 1.18 bits per heavy atom. The fourth-order valence-corrected chi connectivity index (χ4v) is 9.52. The summed E-state index contributed by atoms with van der Waals surface area (Å²) in [5, 5.41) is 1.59. The van der Waals surface area contributed by atoms with Gasteiger partial charge in [-0.2, -0.15) is 0 Å². The summed E-state index contributed by atoms with van der Waals surface area (Å²) >= 11 is 0. The lowest BCUT2D eigenvalue weighted by Gasteiger charge is -2.07. The minimum absolute atomic E-state index is 0.208. The molecule has 6 aromatic rings. The zero-order valence-electron chi connectivity index (χ0n) is 19.7. The van der Waals surface area contributed by atoms with Crippen LogP contribution in [0.15, 0.2) is 141 Å². The molecule has 0 saturated heterocycles. The van der Waals surface area contributed by atoms with E-state index in [9.17, 15) is 16.8 Å². The fourth-order valence-electron chi connectivity index (χ4n) is 4.27. The highest BCUT2D eigenvalue weighted by Crippen LogP contribution is 2.45. The Bertz CT molecular complexity index is 1850. The average molecular weight is 577 g/mol. The Hall–Kier alpha value is -3.44. The molecular weight excluding hydrogens is 557 g/mol. The van der Waals surface area contributed by atoms with Gasteiger partial charge in [0.05, 0.1) is 20.8 Å². The van der Waals surface area contributed by atoms with E-state index >= 15 is 0 Å². The molecule has 2 heterocycles. The zero-order chi connectivity index (χ0) is 26.3. The van der Waals surface area contributed by atoms with Crippen LogP contribution in [-0.4, -0.2) is 24.8 Å². The highest BCUT2D eigenvalue weighted by Gasteiger charge is 2.24. The quantitative estimate of drug-likeness (QED) is 0.193. The van der Waals surface area contributed by atoms with Crippen LogP contribution in [0.2, 0.25) is 0 Å². The SMILES string of the molecule is O=S(=O)(c1ccccc1)n1cc(SSc2cn(S(=O)(=O)c3ccccc3)c3ccccc23)c2ccccc21. The van der Waals surface area contributed by atoms with Crippen LogP contribution in [0.4, 0.5) is 0 Å². The first-order chi connectivity index (χ1) is 18.4. The van der Waals surface area contributed by atoms with E-state index in [4.69, 9.17) is 0 Å². The second-order valence-corrected chi connectivity index (χ2v) is 14.3. The Morgan fingerprint density at radius 1 is 0.447 bits per heavy atom. The average Bonchev–Trinajstić information content (AvgIpc) is 3.52. The molecule has 6 nitrogen and oxygen atoms in total. The second-order valence-electron chi connectivity index (χ2n) is 8.42. The van der Waals surface area contributed by atoms with Gasteiger partial charge in [-0.05, 0) is 36.4 Å². The van der Waals surface area contributed by atoms with Gasteiger partial charge in [0, 0.05) is 33.0 Å². The first-order valence-electron chi connectivity index (χ1n) is 11.5. The van der Waals surface area contributed by atoms with E-state index in [2.05, 4.69) is 0 Å². The molecule has 38 heavy (non-hydrogen) atoms. The summed E-state index contributed by atoms with van der Waals surface area (Å²) in [5.74, 6) is 0. The molecule has 6 rings (SSSR count). The van der Waals surface area contributed by atoms with Gasteiger partial charge in [-0.3, -0.25) is 0 Å².